The van der Waals surface area contributed by atoms with Crippen molar-refractivity contribution in [2.45, 2.75) is 93.7 Å². The topological polar surface area (TPSA) is 95.5 Å². The summed E-state index contributed by atoms with van der Waals surface area (Å²) in [6, 6.07) is -0.825. The molecular weight excluding hydrogens is 485 g/mol. The maximum absolute atomic E-state index is 12.4. The number of carbonyl (C=O) groups is 1. The number of ether oxygens (including phenoxy) is 5. The standard InChI is InChI=1S/C21H38Cl3NO7/c1-4-7-10-28-13-15-17(26)18(29-11-8-5-2)16(19(32-15)30-12-9-6-3)25-20(27)31-14-21(22,23)24/h15-19,26H,4-14H2,1-3H3,(H,25,27)/t15?,16?,17-,18?,19-/m1/s1. The van der Waals surface area contributed by atoms with E-state index < -0.39 is 47.1 Å². The van der Waals surface area contributed by atoms with Crippen LogP contribution in [-0.2, 0) is 23.7 Å². The molecular formula is C21H38Cl3NO7. The van der Waals surface area contributed by atoms with Crippen molar-refractivity contribution in [2.24, 2.45) is 0 Å². The van der Waals surface area contributed by atoms with Gasteiger partial charge in [-0.15, -0.1) is 0 Å². The van der Waals surface area contributed by atoms with E-state index in [-0.39, 0.29) is 6.61 Å². The van der Waals surface area contributed by atoms with Gasteiger partial charge in [-0.05, 0) is 19.3 Å². The van der Waals surface area contributed by atoms with Gasteiger partial charge in [-0.1, -0.05) is 74.8 Å². The largest absolute Gasteiger partial charge is 0.445 e. The van der Waals surface area contributed by atoms with Crippen molar-refractivity contribution >= 4 is 40.9 Å². The van der Waals surface area contributed by atoms with Crippen LogP contribution in [0.4, 0.5) is 4.79 Å². The van der Waals surface area contributed by atoms with Gasteiger partial charge in [0.1, 0.15) is 31.0 Å². The summed E-state index contributed by atoms with van der Waals surface area (Å²) in [5.74, 6) is 0. The molecule has 1 amide bonds. The number of nitrogens with one attached hydrogen (secondary N) is 1. The van der Waals surface area contributed by atoms with Crippen molar-refractivity contribution in [2.75, 3.05) is 33.0 Å². The van der Waals surface area contributed by atoms with E-state index in [9.17, 15) is 9.90 Å². The summed E-state index contributed by atoms with van der Waals surface area (Å²) in [6.07, 6.45) is 1.18. The SMILES string of the molecule is CCCCOCC1O[C@@H](OCCCC)C(NC(=O)OCC(Cl)(Cl)Cl)C(OCCCC)[C@@H]1O. The van der Waals surface area contributed by atoms with E-state index in [1.165, 1.54) is 0 Å². The lowest BCUT2D eigenvalue weighted by Crippen LogP contribution is -2.65. The molecule has 1 aliphatic rings. The molecule has 0 bridgehead atoms. The average Bonchev–Trinajstić information content (AvgIpc) is 2.74. The van der Waals surface area contributed by atoms with Crippen LogP contribution in [0.3, 0.4) is 0 Å². The van der Waals surface area contributed by atoms with Crippen LogP contribution in [0.25, 0.3) is 0 Å². The second-order valence-electron chi connectivity index (χ2n) is 7.74. The van der Waals surface area contributed by atoms with Gasteiger partial charge in [-0.25, -0.2) is 4.79 Å². The molecule has 0 aromatic carbocycles. The van der Waals surface area contributed by atoms with E-state index in [1.807, 2.05) is 13.8 Å². The van der Waals surface area contributed by atoms with Crippen LogP contribution < -0.4 is 5.32 Å². The minimum atomic E-state index is -1.74. The van der Waals surface area contributed by atoms with Gasteiger partial charge in [0.15, 0.2) is 6.29 Å². The molecule has 0 aromatic rings. The number of amides is 1. The number of hydrogen-bond donors (Lipinski definition) is 2. The predicted octanol–water partition coefficient (Wildman–Crippen LogP) is 4.36. The molecule has 2 N–H and O–H groups in total. The molecule has 32 heavy (non-hydrogen) atoms. The molecule has 0 aromatic heterocycles. The van der Waals surface area contributed by atoms with Gasteiger partial charge in [0, 0.05) is 19.8 Å². The maximum atomic E-state index is 12.4. The lowest BCUT2D eigenvalue weighted by Gasteiger charge is -2.44. The van der Waals surface area contributed by atoms with Crippen LogP contribution >= 0.6 is 34.8 Å². The maximum Gasteiger partial charge on any atom is 0.407 e. The van der Waals surface area contributed by atoms with Gasteiger partial charge in [0.25, 0.3) is 0 Å². The molecule has 0 aliphatic carbocycles. The van der Waals surface area contributed by atoms with Gasteiger partial charge in [-0.2, -0.15) is 0 Å². The molecule has 0 saturated carbocycles. The Kier molecular flexibility index (Phi) is 15.5. The average molecular weight is 523 g/mol. The molecule has 0 spiro atoms. The van der Waals surface area contributed by atoms with Gasteiger partial charge in [0.2, 0.25) is 3.79 Å². The number of unbranched alkanes of at least 4 members (excludes halogenated alkanes) is 3. The molecule has 5 atom stereocenters. The highest BCUT2D eigenvalue weighted by Crippen LogP contribution is 2.27. The number of aliphatic hydroxyl groups is 1. The highest BCUT2D eigenvalue weighted by Gasteiger charge is 2.47. The Morgan fingerprint density at radius 2 is 1.59 bits per heavy atom. The van der Waals surface area contributed by atoms with Crippen LogP contribution in [-0.4, -0.2) is 78.7 Å². The molecule has 1 fully saturated rings. The molecule has 1 saturated heterocycles. The van der Waals surface area contributed by atoms with E-state index in [0.717, 1.165) is 38.5 Å². The summed E-state index contributed by atoms with van der Waals surface area (Å²) in [7, 11) is 0. The van der Waals surface area contributed by atoms with Crippen molar-refractivity contribution in [1.82, 2.24) is 5.32 Å². The van der Waals surface area contributed by atoms with Crippen LogP contribution in [0.2, 0.25) is 0 Å². The summed E-state index contributed by atoms with van der Waals surface area (Å²) in [4.78, 5) is 12.4. The lowest BCUT2D eigenvalue weighted by atomic mass is 9.96. The second kappa shape index (κ2) is 16.5. The fourth-order valence-corrected chi connectivity index (χ4v) is 3.19. The van der Waals surface area contributed by atoms with Crippen molar-refractivity contribution in [3.8, 4) is 0 Å². The Balaban J connectivity index is 2.94. The third kappa shape index (κ3) is 11.9. The summed E-state index contributed by atoms with van der Waals surface area (Å²) < 4.78 is 26.8. The van der Waals surface area contributed by atoms with Gasteiger partial charge in [0.05, 0.1) is 6.61 Å². The van der Waals surface area contributed by atoms with Crippen molar-refractivity contribution in [3.05, 3.63) is 0 Å². The molecule has 0 radical (unpaired) electrons. The highest BCUT2D eigenvalue weighted by atomic mass is 35.6. The fourth-order valence-electron chi connectivity index (χ4n) is 3.03. The van der Waals surface area contributed by atoms with E-state index in [2.05, 4.69) is 12.2 Å². The number of hydrogen-bond acceptors (Lipinski definition) is 7. The number of halogens is 3. The monoisotopic (exact) mass is 521 g/mol. The van der Waals surface area contributed by atoms with Crippen molar-refractivity contribution in [3.63, 3.8) is 0 Å². The van der Waals surface area contributed by atoms with E-state index >= 15 is 0 Å². The Morgan fingerprint density at radius 1 is 1.00 bits per heavy atom. The number of aliphatic hydroxyl groups excluding tert-OH is 1. The first kappa shape index (κ1) is 30.0. The quantitative estimate of drug-likeness (QED) is 0.244. The Hall–Kier alpha value is -0.0600. The zero-order chi connectivity index (χ0) is 24.0. The Bertz CT molecular complexity index is 510. The summed E-state index contributed by atoms with van der Waals surface area (Å²) in [5, 5.41) is 13.6. The van der Waals surface area contributed by atoms with Gasteiger partial charge >= 0.3 is 6.09 Å². The predicted molar refractivity (Wildman–Crippen MR) is 124 cm³/mol. The van der Waals surface area contributed by atoms with E-state index in [1.54, 1.807) is 0 Å². The van der Waals surface area contributed by atoms with Crippen LogP contribution in [0.1, 0.15) is 59.3 Å². The summed E-state index contributed by atoms with van der Waals surface area (Å²) >= 11 is 17.0. The summed E-state index contributed by atoms with van der Waals surface area (Å²) in [5.41, 5.74) is 0. The second-order valence-corrected chi connectivity index (χ2v) is 10.3. The van der Waals surface area contributed by atoms with E-state index in [4.69, 9.17) is 58.5 Å². The molecule has 1 aliphatic heterocycles. The molecule has 1 rings (SSSR count). The van der Waals surface area contributed by atoms with Gasteiger partial charge in [-0.3, -0.25) is 0 Å². The van der Waals surface area contributed by atoms with Crippen LogP contribution in [0, 0.1) is 0 Å². The van der Waals surface area contributed by atoms with Crippen molar-refractivity contribution in [1.29, 1.82) is 0 Å². The number of rotatable bonds is 15. The number of carbonyl (C=O) groups excluding carboxylic acids is 1. The first-order valence-electron chi connectivity index (χ1n) is 11.4. The van der Waals surface area contributed by atoms with Crippen LogP contribution in [0.5, 0.6) is 0 Å². The molecule has 1 heterocycles. The lowest BCUT2D eigenvalue weighted by molar-refractivity contribution is -0.279. The molecule has 11 heteroatoms. The third-order valence-electron chi connectivity index (χ3n) is 4.84. The summed E-state index contributed by atoms with van der Waals surface area (Å²) in [6.45, 7) is 7.30. The molecule has 8 nitrogen and oxygen atoms in total. The highest BCUT2D eigenvalue weighted by molar-refractivity contribution is 6.67. The van der Waals surface area contributed by atoms with Crippen molar-refractivity contribution < 1.29 is 33.6 Å². The Morgan fingerprint density at radius 3 is 2.19 bits per heavy atom. The minimum Gasteiger partial charge on any atom is -0.445 e. The first-order valence-corrected chi connectivity index (χ1v) is 12.5. The zero-order valence-corrected chi connectivity index (χ0v) is 21.5. The van der Waals surface area contributed by atoms with E-state index in [0.29, 0.717) is 19.8 Å². The fraction of sp³-hybridized carbons (Fsp3) is 0.952. The number of alkyl halides is 3. The third-order valence-corrected chi connectivity index (χ3v) is 5.16. The molecule has 3 unspecified atom stereocenters. The number of alkyl carbamates (subject to hydrolysis) is 1. The zero-order valence-electron chi connectivity index (χ0n) is 19.2. The smallest absolute Gasteiger partial charge is 0.407 e. The first-order chi connectivity index (χ1) is 15.2. The minimum absolute atomic E-state index is 0.187. The Labute approximate surface area is 206 Å². The van der Waals surface area contributed by atoms with Gasteiger partial charge < -0.3 is 34.1 Å². The van der Waals surface area contributed by atoms with Crippen LogP contribution in [0.15, 0.2) is 0 Å². The molecule has 190 valence electrons. The normalized spacial score (nSPS) is 26.2.